The lowest BCUT2D eigenvalue weighted by molar-refractivity contribution is -0.130. The number of nitrogens with one attached hydrogen (secondary N) is 3. The van der Waals surface area contributed by atoms with Gasteiger partial charge in [-0.1, -0.05) is 18.6 Å². The van der Waals surface area contributed by atoms with E-state index in [2.05, 4.69) is 16.2 Å². The summed E-state index contributed by atoms with van der Waals surface area (Å²) in [6.45, 7) is 2.60. The Morgan fingerprint density at radius 3 is 2.85 bits per heavy atom. The topological polar surface area (TPSA) is 73.5 Å². The van der Waals surface area contributed by atoms with Crippen molar-refractivity contribution in [3.63, 3.8) is 0 Å². The number of halogens is 1. The number of nitrogens with zero attached hydrogens (tertiary/aromatic N) is 1. The quantitative estimate of drug-likeness (QED) is 0.671. The van der Waals surface area contributed by atoms with Gasteiger partial charge in [-0.2, -0.15) is 0 Å². The zero-order valence-corrected chi connectivity index (χ0v) is 15.0. The maximum atomic E-state index is 13.1. The molecule has 3 rings (SSSR count). The van der Waals surface area contributed by atoms with Crippen LogP contribution in [0.2, 0.25) is 0 Å². The van der Waals surface area contributed by atoms with Crippen molar-refractivity contribution in [3.05, 3.63) is 35.6 Å². The zero-order chi connectivity index (χ0) is 18.4. The number of benzene rings is 1. The van der Waals surface area contributed by atoms with Gasteiger partial charge in [0.2, 0.25) is 11.8 Å². The van der Waals surface area contributed by atoms with Crippen LogP contribution in [0.3, 0.4) is 0 Å². The number of rotatable bonds is 6. The minimum atomic E-state index is -0.288. The fourth-order valence-electron chi connectivity index (χ4n) is 3.61. The van der Waals surface area contributed by atoms with Crippen LogP contribution in [-0.4, -0.2) is 42.9 Å². The summed E-state index contributed by atoms with van der Waals surface area (Å²) in [4.78, 5) is 26.4. The summed E-state index contributed by atoms with van der Waals surface area (Å²) >= 11 is 0. The molecule has 2 amide bonds. The maximum absolute atomic E-state index is 13.1. The fourth-order valence-corrected chi connectivity index (χ4v) is 3.61. The van der Waals surface area contributed by atoms with Gasteiger partial charge >= 0.3 is 0 Å². The van der Waals surface area contributed by atoms with Crippen LogP contribution in [0.15, 0.2) is 24.3 Å². The highest BCUT2D eigenvalue weighted by molar-refractivity contribution is 5.80. The second-order valence-electron chi connectivity index (χ2n) is 7.00. The van der Waals surface area contributed by atoms with Crippen LogP contribution in [0.25, 0.3) is 0 Å². The van der Waals surface area contributed by atoms with Gasteiger partial charge in [0, 0.05) is 32.6 Å². The number of hydrogen-bond acceptors (Lipinski definition) is 4. The second-order valence-corrected chi connectivity index (χ2v) is 7.00. The highest BCUT2D eigenvalue weighted by Crippen LogP contribution is 2.25. The van der Waals surface area contributed by atoms with Crippen LogP contribution in [0.1, 0.15) is 43.7 Å². The van der Waals surface area contributed by atoms with Gasteiger partial charge in [0.05, 0.1) is 12.0 Å². The molecule has 2 aliphatic heterocycles. The number of likely N-dealkylation sites (tertiary alicyclic amines) is 1. The largest absolute Gasteiger partial charge is 0.356 e. The van der Waals surface area contributed by atoms with Crippen LogP contribution in [-0.2, 0) is 9.59 Å². The Balaban J connectivity index is 1.45. The molecule has 6 nitrogen and oxygen atoms in total. The molecule has 2 fully saturated rings. The summed E-state index contributed by atoms with van der Waals surface area (Å²) in [6, 6.07) is 6.03. The summed E-state index contributed by atoms with van der Waals surface area (Å²) in [7, 11) is 0. The summed E-state index contributed by atoms with van der Waals surface area (Å²) < 4.78 is 13.1. The zero-order valence-electron chi connectivity index (χ0n) is 15.0. The molecule has 1 aromatic rings. The van der Waals surface area contributed by atoms with Gasteiger partial charge in [0.1, 0.15) is 5.82 Å². The number of carbonyl (C=O) groups excluding carboxylic acids is 2. The van der Waals surface area contributed by atoms with Gasteiger partial charge in [0.15, 0.2) is 0 Å². The minimum absolute atomic E-state index is 0.0287. The molecular formula is C19H27FN4O2. The first-order chi connectivity index (χ1) is 12.6. The van der Waals surface area contributed by atoms with E-state index in [1.807, 2.05) is 4.90 Å². The monoisotopic (exact) mass is 362 g/mol. The SMILES string of the molecule is O=C(NCCCN1CCCCCC1=O)C1CNNC1c1ccc(F)cc1. The molecule has 2 aliphatic rings. The molecule has 0 spiro atoms. The average Bonchev–Trinajstić information content (AvgIpc) is 3.04. The summed E-state index contributed by atoms with van der Waals surface area (Å²) in [5.41, 5.74) is 6.99. The van der Waals surface area contributed by atoms with Gasteiger partial charge in [-0.25, -0.2) is 9.82 Å². The molecular weight excluding hydrogens is 335 g/mol. The first kappa shape index (κ1) is 18.8. The molecule has 2 unspecified atom stereocenters. The Bertz CT molecular complexity index is 622. The number of hydrogen-bond donors (Lipinski definition) is 3. The third-order valence-electron chi connectivity index (χ3n) is 5.12. The summed E-state index contributed by atoms with van der Waals surface area (Å²) in [5, 5.41) is 2.97. The molecule has 0 saturated carbocycles. The summed E-state index contributed by atoms with van der Waals surface area (Å²) in [5.74, 6) is -0.336. The normalized spacial score (nSPS) is 23.7. The van der Waals surface area contributed by atoms with Gasteiger partial charge < -0.3 is 10.2 Å². The Labute approximate surface area is 153 Å². The third-order valence-corrected chi connectivity index (χ3v) is 5.12. The lowest BCUT2D eigenvalue weighted by Gasteiger charge is -2.21. The van der Waals surface area contributed by atoms with Crippen LogP contribution in [0.4, 0.5) is 4.39 Å². The molecule has 0 aliphatic carbocycles. The predicted octanol–water partition coefficient (Wildman–Crippen LogP) is 1.50. The Morgan fingerprint density at radius 2 is 2.04 bits per heavy atom. The first-order valence-electron chi connectivity index (χ1n) is 9.44. The molecule has 2 saturated heterocycles. The molecule has 0 radical (unpaired) electrons. The second kappa shape index (κ2) is 9.09. The lowest BCUT2D eigenvalue weighted by Crippen LogP contribution is -2.37. The van der Waals surface area contributed by atoms with Crippen LogP contribution in [0.5, 0.6) is 0 Å². The van der Waals surface area contributed by atoms with Crippen molar-refractivity contribution in [1.29, 1.82) is 0 Å². The molecule has 1 aromatic carbocycles. The van der Waals surface area contributed by atoms with Gasteiger partial charge in [0.25, 0.3) is 0 Å². The number of carbonyl (C=O) groups is 2. The van der Waals surface area contributed by atoms with E-state index in [0.29, 0.717) is 26.1 Å². The Kier molecular flexibility index (Phi) is 6.57. The van der Waals surface area contributed by atoms with E-state index in [1.165, 1.54) is 12.1 Å². The minimum Gasteiger partial charge on any atom is -0.356 e. The molecule has 0 aromatic heterocycles. The third kappa shape index (κ3) is 4.80. The molecule has 7 heteroatoms. The van der Waals surface area contributed by atoms with Gasteiger partial charge in [-0.05, 0) is 37.0 Å². The van der Waals surface area contributed by atoms with E-state index < -0.39 is 0 Å². The van der Waals surface area contributed by atoms with Crippen LogP contribution in [0, 0.1) is 11.7 Å². The van der Waals surface area contributed by atoms with Crippen molar-refractivity contribution in [3.8, 4) is 0 Å². The van der Waals surface area contributed by atoms with Crippen molar-refractivity contribution < 1.29 is 14.0 Å². The first-order valence-corrected chi connectivity index (χ1v) is 9.44. The van der Waals surface area contributed by atoms with Crippen LogP contribution < -0.4 is 16.2 Å². The van der Waals surface area contributed by atoms with E-state index in [9.17, 15) is 14.0 Å². The van der Waals surface area contributed by atoms with E-state index in [1.54, 1.807) is 12.1 Å². The van der Waals surface area contributed by atoms with E-state index >= 15 is 0 Å². The molecule has 3 N–H and O–H groups in total. The van der Waals surface area contributed by atoms with E-state index in [-0.39, 0.29) is 29.6 Å². The van der Waals surface area contributed by atoms with Gasteiger partial charge in [-0.3, -0.25) is 15.0 Å². The van der Waals surface area contributed by atoms with Crippen molar-refractivity contribution in [2.24, 2.45) is 5.92 Å². The van der Waals surface area contributed by atoms with E-state index in [0.717, 1.165) is 37.8 Å². The highest BCUT2D eigenvalue weighted by atomic mass is 19.1. The van der Waals surface area contributed by atoms with Crippen molar-refractivity contribution >= 4 is 11.8 Å². The Morgan fingerprint density at radius 1 is 1.23 bits per heavy atom. The van der Waals surface area contributed by atoms with Crippen molar-refractivity contribution in [2.45, 2.75) is 38.1 Å². The van der Waals surface area contributed by atoms with Crippen LogP contribution >= 0.6 is 0 Å². The van der Waals surface area contributed by atoms with Crippen molar-refractivity contribution in [2.75, 3.05) is 26.2 Å². The molecule has 26 heavy (non-hydrogen) atoms. The fraction of sp³-hybridized carbons (Fsp3) is 0.579. The maximum Gasteiger partial charge on any atom is 0.226 e. The smallest absolute Gasteiger partial charge is 0.226 e. The summed E-state index contributed by atoms with van der Waals surface area (Å²) in [6.07, 6.45) is 4.57. The molecule has 2 atom stereocenters. The highest BCUT2D eigenvalue weighted by Gasteiger charge is 2.33. The Hall–Kier alpha value is -1.99. The lowest BCUT2D eigenvalue weighted by atomic mass is 9.94. The molecule has 2 heterocycles. The van der Waals surface area contributed by atoms with Gasteiger partial charge in [-0.15, -0.1) is 0 Å². The number of hydrazine groups is 1. The van der Waals surface area contributed by atoms with E-state index in [4.69, 9.17) is 0 Å². The predicted molar refractivity (Wildman–Crippen MR) is 96.4 cm³/mol. The van der Waals surface area contributed by atoms with Crippen molar-refractivity contribution in [1.82, 2.24) is 21.1 Å². The average molecular weight is 362 g/mol. The standard InChI is InChI=1S/C19H27FN4O2/c20-15-8-6-14(7-9-15)18-16(13-22-23-18)19(26)21-10-4-12-24-11-3-1-2-5-17(24)25/h6-9,16,18,22-23H,1-5,10-13H2,(H,21,26). The molecule has 142 valence electrons. The number of amides is 2. The molecule has 0 bridgehead atoms.